The summed E-state index contributed by atoms with van der Waals surface area (Å²) in [5, 5.41) is 3.33. The number of amides is 2. The molecule has 0 spiro atoms. The molecule has 0 aromatic heterocycles. The molecule has 0 aliphatic rings. The van der Waals surface area contributed by atoms with Crippen LogP contribution in [-0.4, -0.2) is 50.0 Å². The van der Waals surface area contributed by atoms with Gasteiger partial charge in [0, 0.05) is 17.6 Å². The van der Waals surface area contributed by atoms with Crippen molar-refractivity contribution in [2.24, 2.45) is 0 Å². The maximum Gasteiger partial charge on any atom is 0.244 e. The van der Waals surface area contributed by atoms with Crippen molar-refractivity contribution in [3.63, 3.8) is 0 Å². The fraction of sp³-hybridized carbons (Fsp3) is 0.462. The van der Waals surface area contributed by atoms with Crippen LogP contribution in [0.15, 0.2) is 42.5 Å². The first-order valence-corrected chi connectivity index (χ1v) is 14.0. The van der Waals surface area contributed by atoms with Gasteiger partial charge in [-0.15, -0.1) is 0 Å². The van der Waals surface area contributed by atoms with Gasteiger partial charge >= 0.3 is 0 Å². The largest absolute Gasteiger partial charge is 0.352 e. The van der Waals surface area contributed by atoms with Crippen molar-refractivity contribution in [2.45, 2.75) is 66.1 Å². The number of benzene rings is 2. The van der Waals surface area contributed by atoms with Gasteiger partial charge in [-0.1, -0.05) is 55.8 Å². The van der Waals surface area contributed by atoms with Crippen LogP contribution in [0.1, 0.15) is 50.3 Å². The van der Waals surface area contributed by atoms with Crippen LogP contribution in [0.2, 0.25) is 5.02 Å². The average Bonchev–Trinajstić information content (AvgIpc) is 2.79. The third kappa shape index (κ3) is 7.70. The number of hydrogen-bond donors (Lipinski definition) is 1. The highest BCUT2D eigenvalue weighted by Gasteiger charge is 2.32. The van der Waals surface area contributed by atoms with Gasteiger partial charge in [0.2, 0.25) is 21.8 Å². The minimum absolute atomic E-state index is 0.0476. The monoisotopic (exact) mass is 521 g/mol. The molecule has 7 nitrogen and oxygen atoms in total. The average molecular weight is 522 g/mol. The maximum absolute atomic E-state index is 13.8. The van der Waals surface area contributed by atoms with E-state index in [0.717, 1.165) is 28.1 Å². The van der Waals surface area contributed by atoms with Crippen LogP contribution in [0.25, 0.3) is 0 Å². The number of sulfonamides is 1. The van der Waals surface area contributed by atoms with Crippen LogP contribution in [-0.2, 0) is 26.2 Å². The zero-order chi connectivity index (χ0) is 26.3. The van der Waals surface area contributed by atoms with E-state index in [-0.39, 0.29) is 18.5 Å². The number of nitrogens with zero attached hydrogens (tertiary/aromatic N) is 2. The number of nitrogens with one attached hydrogen (secondary N) is 1. The minimum Gasteiger partial charge on any atom is -0.352 e. The molecule has 0 fully saturated rings. The Balaban J connectivity index is 2.50. The van der Waals surface area contributed by atoms with E-state index >= 15 is 0 Å². The number of aryl methyl sites for hydroxylation is 2. The summed E-state index contributed by atoms with van der Waals surface area (Å²) in [5.41, 5.74) is 2.87. The van der Waals surface area contributed by atoms with Crippen LogP contribution in [0, 0.1) is 13.8 Å². The van der Waals surface area contributed by atoms with Gasteiger partial charge in [-0.25, -0.2) is 8.42 Å². The number of carbonyl (C=O) groups excluding carboxylic acids is 2. The predicted molar refractivity (Wildman–Crippen MR) is 142 cm³/mol. The molecular weight excluding hydrogens is 486 g/mol. The van der Waals surface area contributed by atoms with Gasteiger partial charge in [0.05, 0.1) is 11.9 Å². The Labute approximate surface area is 214 Å². The van der Waals surface area contributed by atoms with Crippen LogP contribution in [0.5, 0.6) is 0 Å². The molecule has 0 saturated heterocycles. The number of hydrogen-bond acceptors (Lipinski definition) is 4. The van der Waals surface area contributed by atoms with Crippen molar-refractivity contribution >= 4 is 39.1 Å². The van der Waals surface area contributed by atoms with Crippen molar-refractivity contribution in [3.8, 4) is 0 Å². The van der Waals surface area contributed by atoms with Crippen LogP contribution < -0.4 is 9.62 Å². The summed E-state index contributed by atoms with van der Waals surface area (Å²) < 4.78 is 26.6. The Bertz CT molecular complexity index is 1150. The lowest BCUT2D eigenvalue weighted by Gasteiger charge is -2.34. The van der Waals surface area contributed by atoms with E-state index in [0.29, 0.717) is 22.7 Å². The highest BCUT2D eigenvalue weighted by Crippen LogP contribution is 2.27. The molecule has 9 heteroatoms. The van der Waals surface area contributed by atoms with Crippen LogP contribution in [0.4, 0.5) is 5.69 Å². The summed E-state index contributed by atoms with van der Waals surface area (Å²) in [7, 11) is -3.82. The van der Waals surface area contributed by atoms with E-state index in [2.05, 4.69) is 5.32 Å². The summed E-state index contributed by atoms with van der Waals surface area (Å²) >= 11 is 6.14. The molecule has 2 amide bonds. The fourth-order valence-corrected chi connectivity index (χ4v) is 4.84. The number of halogens is 1. The molecule has 1 N–H and O–H groups in total. The third-order valence-electron chi connectivity index (χ3n) is 6.11. The van der Waals surface area contributed by atoms with Crippen molar-refractivity contribution < 1.29 is 18.0 Å². The Morgan fingerprint density at radius 2 is 1.69 bits per heavy atom. The molecule has 2 rings (SSSR count). The van der Waals surface area contributed by atoms with E-state index in [1.807, 2.05) is 52.0 Å². The van der Waals surface area contributed by atoms with E-state index in [1.165, 1.54) is 11.0 Å². The van der Waals surface area contributed by atoms with Crippen molar-refractivity contribution in [1.29, 1.82) is 0 Å². The number of anilines is 1. The van der Waals surface area contributed by atoms with Gasteiger partial charge in [0.1, 0.15) is 12.6 Å². The Kier molecular flexibility index (Phi) is 10.2. The summed E-state index contributed by atoms with van der Waals surface area (Å²) in [6.07, 6.45) is 2.19. The quantitative estimate of drug-likeness (QED) is 0.473. The highest BCUT2D eigenvalue weighted by atomic mass is 35.5. The zero-order valence-corrected chi connectivity index (χ0v) is 22.9. The first-order valence-electron chi connectivity index (χ1n) is 11.8. The van der Waals surface area contributed by atoms with Gasteiger partial charge < -0.3 is 10.2 Å². The molecule has 2 atom stereocenters. The molecule has 0 heterocycles. The van der Waals surface area contributed by atoms with Crippen LogP contribution >= 0.6 is 11.6 Å². The molecule has 192 valence electrons. The maximum atomic E-state index is 13.8. The molecule has 0 unspecified atom stereocenters. The minimum atomic E-state index is -3.82. The summed E-state index contributed by atoms with van der Waals surface area (Å²) in [6, 6.07) is 11.7. The third-order valence-corrected chi connectivity index (χ3v) is 7.47. The molecule has 0 aliphatic heterocycles. The molecule has 0 radical (unpaired) electrons. The van der Waals surface area contributed by atoms with E-state index in [1.54, 1.807) is 19.1 Å². The van der Waals surface area contributed by atoms with E-state index in [4.69, 9.17) is 11.6 Å². The van der Waals surface area contributed by atoms with Crippen molar-refractivity contribution in [2.75, 3.05) is 17.1 Å². The molecule has 2 aromatic carbocycles. The van der Waals surface area contributed by atoms with Gasteiger partial charge in [0.15, 0.2) is 0 Å². The summed E-state index contributed by atoms with van der Waals surface area (Å²) in [4.78, 5) is 28.4. The molecule has 0 aliphatic carbocycles. The van der Waals surface area contributed by atoms with E-state index < -0.39 is 28.5 Å². The SMILES string of the molecule is CC[C@@H](C)NC(=O)[C@H](CC)N(Cc1ccccc1C)C(=O)CN(c1cc(Cl)ccc1C)S(C)(=O)=O. The van der Waals surface area contributed by atoms with Crippen LogP contribution in [0.3, 0.4) is 0 Å². The number of rotatable bonds is 11. The first kappa shape index (κ1) is 28.7. The first-order chi connectivity index (χ1) is 16.4. The highest BCUT2D eigenvalue weighted by molar-refractivity contribution is 7.92. The number of carbonyl (C=O) groups is 2. The second-order valence-electron chi connectivity index (χ2n) is 8.89. The Morgan fingerprint density at radius 3 is 2.26 bits per heavy atom. The molecule has 0 bridgehead atoms. The van der Waals surface area contributed by atoms with Gasteiger partial charge in [-0.3, -0.25) is 13.9 Å². The fourth-order valence-electron chi connectivity index (χ4n) is 3.78. The normalized spacial score (nSPS) is 13.1. The molecular formula is C26H36ClN3O4S. The predicted octanol–water partition coefficient (Wildman–Crippen LogP) is 4.44. The van der Waals surface area contributed by atoms with Gasteiger partial charge in [-0.2, -0.15) is 0 Å². The standard InChI is InChI=1S/C26H36ClN3O4S/c1-7-20(5)28-26(32)23(8-2)29(16-21-12-10-9-11-18(21)3)25(31)17-30(35(6,33)34)24-15-22(27)14-13-19(24)4/h9-15,20,23H,7-8,16-17H2,1-6H3,(H,28,32)/t20-,23+/m1/s1. The lowest BCUT2D eigenvalue weighted by Crippen LogP contribution is -2.53. The molecule has 0 saturated carbocycles. The molecule has 35 heavy (non-hydrogen) atoms. The summed E-state index contributed by atoms with van der Waals surface area (Å²) in [6.45, 7) is 9.16. The summed E-state index contributed by atoms with van der Waals surface area (Å²) in [5.74, 6) is -0.724. The zero-order valence-electron chi connectivity index (χ0n) is 21.3. The second kappa shape index (κ2) is 12.4. The smallest absolute Gasteiger partial charge is 0.244 e. The second-order valence-corrected chi connectivity index (χ2v) is 11.2. The molecule has 2 aromatic rings. The van der Waals surface area contributed by atoms with E-state index in [9.17, 15) is 18.0 Å². The van der Waals surface area contributed by atoms with Crippen molar-refractivity contribution in [3.05, 3.63) is 64.2 Å². The van der Waals surface area contributed by atoms with Gasteiger partial charge in [0.25, 0.3) is 0 Å². The Morgan fingerprint density at radius 1 is 1.03 bits per heavy atom. The lowest BCUT2D eigenvalue weighted by molar-refractivity contribution is -0.140. The topological polar surface area (TPSA) is 86.8 Å². The lowest BCUT2D eigenvalue weighted by atomic mass is 10.1. The van der Waals surface area contributed by atoms with Gasteiger partial charge in [-0.05, 0) is 62.4 Å². The Hall–Kier alpha value is -2.58. The van der Waals surface area contributed by atoms with Crippen molar-refractivity contribution in [1.82, 2.24) is 10.2 Å².